The number of fused-ring (bicyclic) bond motifs is 1. The SMILES string of the molecule is CCCC(N)C(=O)NCc1ccc2c(c1)OCO2. The van der Waals surface area contributed by atoms with Gasteiger partial charge in [-0.3, -0.25) is 4.79 Å². The number of benzene rings is 1. The van der Waals surface area contributed by atoms with Crippen molar-refractivity contribution < 1.29 is 14.3 Å². The summed E-state index contributed by atoms with van der Waals surface area (Å²) in [5, 5.41) is 2.81. The molecule has 0 radical (unpaired) electrons. The minimum absolute atomic E-state index is 0.116. The standard InChI is InChI=1S/C13H18N2O3/c1-2-3-10(14)13(16)15-7-9-4-5-11-12(6-9)18-8-17-11/h4-6,10H,2-3,7-8,14H2,1H3,(H,15,16). The lowest BCUT2D eigenvalue weighted by atomic mass is 10.1. The van der Waals surface area contributed by atoms with Gasteiger partial charge < -0.3 is 20.5 Å². The van der Waals surface area contributed by atoms with Crippen LogP contribution in [0.4, 0.5) is 0 Å². The topological polar surface area (TPSA) is 73.6 Å². The van der Waals surface area contributed by atoms with E-state index in [1.807, 2.05) is 25.1 Å². The third-order valence-electron chi connectivity index (χ3n) is 2.84. The summed E-state index contributed by atoms with van der Waals surface area (Å²) >= 11 is 0. The van der Waals surface area contributed by atoms with E-state index in [1.54, 1.807) is 0 Å². The average molecular weight is 250 g/mol. The predicted molar refractivity (Wildman–Crippen MR) is 67.3 cm³/mol. The van der Waals surface area contributed by atoms with E-state index in [0.717, 1.165) is 23.5 Å². The van der Waals surface area contributed by atoms with Crippen molar-refractivity contribution in [3.05, 3.63) is 23.8 Å². The van der Waals surface area contributed by atoms with Gasteiger partial charge in [-0.2, -0.15) is 0 Å². The van der Waals surface area contributed by atoms with Gasteiger partial charge in [0.05, 0.1) is 6.04 Å². The van der Waals surface area contributed by atoms with Gasteiger partial charge in [0, 0.05) is 6.54 Å². The molecule has 2 rings (SSSR count). The monoisotopic (exact) mass is 250 g/mol. The molecule has 0 saturated carbocycles. The molecule has 1 aliphatic heterocycles. The lowest BCUT2D eigenvalue weighted by Gasteiger charge is -2.11. The second-order valence-electron chi connectivity index (χ2n) is 4.30. The van der Waals surface area contributed by atoms with Crippen molar-refractivity contribution in [2.24, 2.45) is 5.73 Å². The van der Waals surface area contributed by atoms with Gasteiger partial charge in [0.15, 0.2) is 11.5 Å². The molecule has 1 heterocycles. The Bertz CT molecular complexity index is 434. The summed E-state index contributed by atoms with van der Waals surface area (Å²) in [5.41, 5.74) is 6.69. The summed E-state index contributed by atoms with van der Waals surface area (Å²) in [6.07, 6.45) is 1.60. The molecule has 0 fully saturated rings. The first-order valence-electron chi connectivity index (χ1n) is 6.12. The number of hydrogen-bond acceptors (Lipinski definition) is 4. The van der Waals surface area contributed by atoms with E-state index in [-0.39, 0.29) is 12.7 Å². The molecule has 5 heteroatoms. The van der Waals surface area contributed by atoms with E-state index in [1.165, 1.54) is 0 Å². The number of amides is 1. The number of nitrogens with one attached hydrogen (secondary N) is 1. The second kappa shape index (κ2) is 5.73. The van der Waals surface area contributed by atoms with Crippen molar-refractivity contribution in [2.45, 2.75) is 32.4 Å². The molecule has 1 aliphatic rings. The van der Waals surface area contributed by atoms with Crippen LogP contribution in [-0.2, 0) is 11.3 Å². The van der Waals surface area contributed by atoms with Gasteiger partial charge in [-0.15, -0.1) is 0 Å². The zero-order chi connectivity index (χ0) is 13.0. The van der Waals surface area contributed by atoms with Crippen molar-refractivity contribution >= 4 is 5.91 Å². The molecule has 0 saturated heterocycles. The molecule has 18 heavy (non-hydrogen) atoms. The highest BCUT2D eigenvalue weighted by Crippen LogP contribution is 2.32. The molecule has 3 N–H and O–H groups in total. The summed E-state index contributed by atoms with van der Waals surface area (Å²) in [6.45, 7) is 2.71. The van der Waals surface area contributed by atoms with Crippen LogP contribution in [0.3, 0.4) is 0 Å². The van der Waals surface area contributed by atoms with Gasteiger partial charge >= 0.3 is 0 Å². The van der Waals surface area contributed by atoms with E-state index in [9.17, 15) is 4.79 Å². The van der Waals surface area contributed by atoms with Gasteiger partial charge in [0.1, 0.15) is 0 Å². The van der Waals surface area contributed by atoms with Crippen LogP contribution in [0, 0.1) is 0 Å². The van der Waals surface area contributed by atoms with Crippen molar-refractivity contribution in [1.82, 2.24) is 5.32 Å². The molecule has 1 aromatic rings. The first kappa shape index (κ1) is 12.7. The Hall–Kier alpha value is -1.75. The van der Waals surface area contributed by atoms with Gasteiger partial charge in [0.25, 0.3) is 0 Å². The Kier molecular flexibility index (Phi) is 4.04. The molecule has 0 aliphatic carbocycles. The fraction of sp³-hybridized carbons (Fsp3) is 0.462. The van der Waals surface area contributed by atoms with E-state index in [0.29, 0.717) is 13.0 Å². The summed E-state index contributed by atoms with van der Waals surface area (Å²) in [6, 6.07) is 5.19. The van der Waals surface area contributed by atoms with Crippen molar-refractivity contribution in [2.75, 3.05) is 6.79 Å². The first-order chi connectivity index (χ1) is 8.70. The van der Waals surface area contributed by atoms with Crippen molar-refractivity contribution in [3.8, 4) is 11.5 Å². The lowest BCUT2D eigenvalue weighted by Crippen LogP contribution is -2.40. The molecule has 98 valence electrons. The van der Waals surface area contributed by atoms with Gasteiger partial charge in [-0.1, -0.05) is 19.4 Å². The van der Waals surface area contributed by atoms with Gasteiger partial charge in [0.2, 0.25) is 12.7 Å². The number of nitrogens with two attached hydrogens (primary N) is 1. The maximum atomic E-state index is 11.6. The normalized spacial score (nSPS) is 14.3. The Morgan fingerprint density at radius 2 is 2.22 bits per heavy atom. The van der Waals surface area contributed by atoms with Crippen molar-refractivity contribution in [3.63, 3.8) is 0 Å². The van der Waals surface area contributed by atoms with Crippen LogP contribution in [0.5, 0.6) is 11.5 Å². The van der Waals surface area contributed by atoms with Gasteiger partial charge in [-0.25, -0.2) is 0 Å². The highest BCUT2D eigenvalue weighted by Gasteiger charge is 2.15. The molecule has 0 aromatic heterocycles. The fourth-order valence-electron chi connectivity index (χ4n) is 1.81. The predicted octanol–water partition coefficient (Wildman–Crippen LogP) is 1.16. The molecular formula is C13H18N2O3. The van der Waals surface area contributed by atoms with Crippen LogP contribution in [0.2, 0.25) is 0 Å². The largest absolute Gasteiger partial charge is 0.454 e. The maximum Gasteiger partial charge on any atom is 0.237 e. The quantitative estimate of drug-likeness (QED) is 0.822. The third kappa shape index (κ3) is 2.92. The molecule has 1 amide bonds. The Morgan fingerprint density at radius 3 is 3.00 bits per heavy atom. The average Bonchev–Trinajstić information content (AvgIpc) is 2.83. The van der Waals surface area contributed by atoms with Crippen LogP contribution >= 0.6 is 0 Å². The van der Waals surface area contributed by atoms with Crippen LogP contribution < -0.4 is 20.5 Å². The zero-order valence-electron chi connectivity index (χ0n) is 10.4. The van der Waals surface area contributed by atoms with E-state index in [4.69, 9.17) is 15.2 Å². The number of ether oxygens (including phenoxy) is 2. The maximum absolute atomic E-state index is 11.6. The summed E-state index contributed by atoms with van der Waals surface area (Å²) in [7, 11) is 0. The summed E-state index contributed by atoms with van der Waals surface area (Å²) in [4.78, 5) is 11.6. The Balaban J connectivity index is 1.88. The summed E-state index contributed by atoms with van der Waals surface area (Å²) < 4.78 is 10.5. The smallest absolute Gasteiger partial charge is 0.237 e. The molecule has 0 spiro atoms. The van der Waals surface area contributed by atoms with E-state index >= 15 is 0 Å². The van der Waals surface area contributed by atoms with Crippen molar-refractivity contribution in [1.29, 1.82) is 0 Å². The second-order valence-corrected chi connectivity index (χ2v) is 4.30. The van der Waals surface area contributed by atoms with E-state index < -0.39 is 6.04 Å². The van der Waals surface area contributed by atoms with E-state index in [2.05, 4.69) is 5.32 Å². The third-order valence-corrected chi connectivity index (χ3v) is 2.84. The van der Waals surface area contributed by atoms with Crippen LogP contribution in [-0.4, -0.2) is 18.7 Å². The highest BCUT2D eigenvalue weighted by molar-refractivity contribution is 5.81. The Morgan fingerprint density at radius 1 is 1.44 bits per heavy atom. The van der Waals surface area contributed by atoms with Gasteiger partial charge in [-0.05, 0) is 24.1 Å². The fourth-order valence-corrected chi connectivity index (χ4v) is 1.81. The molecule has 1 atom stereocenters. The highest BCUT2D eigenvalue weighted by atomic mass is 16.7. The molecular weight excluding hydrogens is 232 g/mol. The molecule has 5 nitrogen and oxygen atoms in total. The minimum atomic E-state index is -0.427. The lowest BCUT2D eigenvalue weighted by molar-refractivity contribution is -0.122. The molecule has 0 bridgehead atoms. The zero-order valence-corrected chi connectivity index (χ0v) is 10.4. The number of hydrogen-bond donors (Lipinski definition) is 2. The molecule has 1 unspecified atom stereocenters. The molecule has 1 aromatic carbocycles. The first-order valence-corrected chi connectivity index (χ1v) is 6.12. The van der Waals surface area contributed by atoms with Crippen LogP contribution in [0.25, 0.3) is 0 Å². The number of carbonyl (C=O) groups is 1. The Labute approximate surface area is 106 Å². The van der Waals surface area contributed by atoms with Crippen LogP contribution in [0.15, 0.2) is 18.2 Å². The summed E-state index contributed by atoms with van der Waals surface area (Å²) in [5.74, 6) is 1.35. The van der Waals surface area contributed by atoms with Crippen LogP contribution in [0.1, 0.15) is 25.3 Å². The number of rotatable bonds is 5. The minimum Gasteiger partial charge on any atom is -0.454 e. The number of carbonyl (C=O) groups excluding carboxylic acids is 1.